The van der Waals surface area contributed by atoms with E-state index in [1.165, 1.54) is 0 Å². The van der Waals surface area contributed by atoms with Gasteiger partial charge in [-0.25, -0.2) is 0 Å². The minimum Gasteiger partial charge on any atom is -0.454 e. The van der Waals surface area contributed by atoms with Gasteiger partial charge in [0, 0.05) is 32.7 Å². The zero-order chi connectivity index (χ0) is 21.5. The van der Waals surface area contributed by atoms with E-state index < -0.39 is 17.9 Å². The molecule has 1 fully saturated rings. The van der Waals surface area contributed by atoms with E-state index in [1.54, 1.807) is 36.1 Å². The molecule has 8 nitrogen and oxygen atoms in total. The second-order valence-corrected chi connectivity index (χ2v) is 7.99. The number of rotatable bonds is 4. The summed E-state index contributed by atoms with van der Waals surface area (Å²) in [7, 11) is 0. The first-order valence-corrected chi connectivity index (χ1v) is 10.4. The monoisotopic (exact) mass is 421 g/mol. The maximum absolute atomic E-state index is 13.1. The normalized spacial score (nSPS) is 19.0. The number of fused-ring (bicyclic) bond motifs is 2. The molecular weight excluding hydrogens is 398 g/mol. The number of benzene rings is 2. The largest absolute Gasteiger partial charge is 0.454 e. The molecule has 0 spiro atoms. The zero-order valence-corrected chi connectivity index (χ0v) is 17.2. The van der Waals surface area contributed by atoms with Gasteiger partial charge in [0.1, 0.15) is 6.04 Å². The molecule has 0 aromatic heterocycles. The Hall–Kier alpha value is -3.39. The van der Waals surface area contributed by atoms with E-state index in [0.717, 1.165) is 41.6 Å². The number of piperazine rings is 1. The van der Waals surface area contributed by atoms with Gasteiger partial charge in [-0.05, 0) is 36.8 Å². The minimum absolute atomic E-state index is 0.197. The molecule has 1 saturated heterocycles. The summed E-state index contributed by atoms with van der Waals surface area (Å²) in [6.07, 6.45) is 0. The van der Waals surface area contributed by atoms with E-state index >= 15 is 0 Å². The quantitative estimate of drug-likeness (QED) is 0.700. The summed E-state index contributed by atoms with van der Waals surface area (Å²) >= 11 is 0. The number of carbonyl (C=O) groups excluding carboxylic acids is 3. The van der Waals surface area contributed by atoms with Gasteiger partial charge in [0.15, 0.2) is 11.5 Å². The highest BCUT2D eigenvalue weighted by atomic mass is 16.7. The maximum atomic E-state index is 13.1. The Morgan fingerprint density at radius 2 is 1.58 bits per heavy atom. The van der Waals surface area contributed by atoms with Crippen LogP contribution in [0, 0.1) is 0 Å². The van der Waals surface area contributed by atoms with Crippen LogP contribution in [0.3, 0.4) is 0 Å². The molecule has 160 valence electrons. The highest BCUT2D eigenvalue weighted by Crippen LogP contribution is 2.33. The Morgan fingerprint density at radius 3 is 2.26 bits per heavy atom. The summed E-state index contributed by atoms with van der Waals surface area (Å²) in [6.45, 7) is 5.18. The Balaban J connectivity index is 1.19. The Labute approximate surface area is 179 Å². The van der Waals surface area contributed by atoms with Crippen molar-refractivity contribution in [3.63, 3.8) is 0 Å². The van der Waals surface area contributed by atoms with Crippen LogP contribution in [0.1, 0.15) is 33.2 Å². The molecule has 1 atom stereocenters. The van der Waals surface area contributed by atoms with Crippen molar-refractivity contribution in [3.05, 3.63) is 59.2 Å². The van der Waals surface area contributed by atoms with Gasteiger partial charge in [-0.2, -0.15) is 0 Å². The van der Waals surface area contributed by atoms with Crippen LogP contribution in [0.4, 0.5) is 0 Å². The van der Waals surface area contributed by atoms with Crippen molar-refractivity contribution in [1.29, 1.82) is 0 Å². The topological polar surface area (TPSA) is 79.4 Å². The van der Waals surface area contributed by atoms with Crippen LogP contribution >= 0.6 is 0 Å². The number of imide groups is 1. The molecule has 2 aromatic rings. The van der Waals surface area contributed by atoms with Crippen molar-refractivity contribution in [3.8, 4) is 11.5 Å². The van der Waals surface area contributed by atoms with Crippen LogP contribution < -0.4 is 9.47 Å². The standard InChI is InChI=1S/C23H23N3O5/c1-15(26-22(28)17-4-2-3-5-18(17)23(26)29)21(27)25-10-8-24(9-11-25)13-16-6-7-19-20(12-16)31-14-30-19/h2-7,12,15H,8-11,13-14H2,1H3. The second-order valence-electron chi connectivity index (χ2n) is 7.99. The van der Waals surface area contributed by atoms with E-state index in [9.17, 15) is 14.4 Å². The van der Waals surface area contributed by atoms with Crippen molar-refractivity contribution < 1.29 is 23.9 Å². The van der Waals surface area contributed by atoms with Crippen LogP contribution in [0.2, 0.25) is 0 Å². The predicted octanol–water partition coefficient (Wildman–Crippen LogP) is 1.74. The van der Waals surface area contributed by atoms with Gasteiger partial charge in [0.05, 0.1) is 11.1 Å². The van der Waals surface area contributed by atoms with Gasteiger partial charge in [-0.1, -0.05) is 18.2 Å². The van der Waals surface area contributed by atoms with E-state index in [-0.39, 0.29) is 12.7 Å². The maximum Gasteiger partial charge on any atom is 0.262 e. The van der Waals surface area contributed by atoms with Crippen LogP contribution in [-0.4, -0.2) is 71.4 Å². The molecule has 0 radical (unpaired) electrons. The highest BCUT2D eigenvalue weighted by Gasteiger charge is 2.42. The summed E-state index contributed by atoms with van der Waals surface area (Å²) in [6, 6.07) is 11.8. The van der Waals surface area contributed by atoms with E-state index in [2.05, 4.69) is 4.90 Å². The molecule has 3 heterocycles. The molecule has 3 amide bonds. The van der Waals surface area contributed by atoms with Gasteiger partial charge in [-0.15, -0.1) is 0 Å². The zero-order valence-electron chi connectivity index (χ0n) is 17.2. The number of carbonyl (C=O) groups is 3. The lowest BCUT2D eigenvalue weighted by molar-refractivity contribution is -0.136. The molecule has 3 aliphatic rings. The molecule has 2 aromatic carbocycles. The van der Waals surface area contributed by atoms with Gasteiger partial charge in [-0.3, -0.25) is 24.2 Å². The lowest BCUT2D eigenvalue weighted by Gasteiger charge is -2.37. The lowest BCUT2D eigenvalue weighted by Crippen LogP contribution is -2.55. The van der Waals surface area contributed by atoms with Crippen molar-refractivity contribution in [2.75, 3.05) is 33.0 Å². The Bertz CT molecular complexity index is 1030. The van der Waals surface area contributed by atoms with Gasteiger partial charge >= 0.3 is 0 Å². The van der Waals surface area contributed by atoms with Crippen LogP contribution in [0.15, 0.2) is 42.5 Å². The number of amides is 3. The van der Waals surface area contributed by atoms with E-state index in [0.29, 0.717) is 24.2 Å². The fraction of sp³-hybridized carbons (Fsp3) is 0.348. The summed E-state index contributed by atoms with van der Waals surface area (Å²) in [5.41, 5.74) is 1.85. The van der Waals surface area contributed by atoms with Crippen molar-refractivity contribution in [2.45, 2.75) is 19.5 Å². The molecule has 0 aliphatic carbocycles. The third-order valence-corrected chi connectivity index (χ3v) is 6.10. The fourth-order valence-electron chi connectivity index (χ4n) is 4.36. The molecule has 0 saturated carbocycles. The summed E-state index contributed by atoms with van der Waals surface area (Å²) < 4.78 is 10.8. The van der Waals surface area contributed by atoms with Crippen LogP contribution in [0.25, 0.3) is 0 Å². The van der Waals surface area contributed by atoms with Crippen molar-refractivity contribution >= 4 is 17.7 Å². The van der Waals surface area contributed by atoms with Crippen LogP contribution in [0.5, 0.6) is 11.5 Å². The first-order chi connectivity index (χ1) is 15.0. The highest BCUT2D eigenvalue weighted by molar-refractivity contribution is 6.22. The van der Waals surface area contributed by atoms with Gasteiger partial charge in [0.25, 0.3) is 11.8 Å². The molecule has 3 aliphatic heterocycles. The number of hydrogen-bond acceptors (Lipinski definition) is 6. The SMILES string of the molecule is CC(C(=O)N1CCN(Cc2ccc3c(c2)OCO3)CC1)N1C(=O)c2ccccc2C1=O. The smallest absolute Gasteiger partial charge is 0.262 e. The second kappa shape index (κ2) is 7.70. The average Bonchev–Trinajstić information content (AvgIpc) is 3.36. The summed E-state index contributed by atoms with van der Waals surface area (Å²) in [5.74, 6) is 0.533. The average molecular weight is 421 g/mol. The summed E-state index contributed by atoms with van der Waals surface area (Å²) in [5, 5.41) is 0. The molecule has 1 unspecified atom stereocenters. The molecule has 0 N–H and O–H groups in total. The molecule has 5 rings (SSSR count). The Kier molecular flexibility index (Phi) is 4.86. The van der Waals surface area contributed by atoms with E-state index in [1.807, 2.05) is 18.2 Å². The summed E-state index contributed by atoms with van der Waals surface area (Å²) in [4.78, 5) is 43.5. The predicted molar refractivity (Wildman–Crippen MR) is 111 cm³/mol. The molecule has 31 heavy (non-hydrogen) atoms. The number of nitrogens with zero attached hydrogens (tertiary/aromatic N) is 3. The van der Waals surface area contributed by atoms with Gasteiger partial charge in [0.2, 0.25) is 12.7 Å². The van der Waals surface area contributed by atoms with Crippen molar-refractivity contribution in [1.82, 2.24) is 14.7 Å². The molecule has 0 bridgehead atoms. The third kappa shape index (κ3) is 3.42. The minimum atomic E-state index is -0.826. The lowest BCUT2D eigenvalue weighted by atomic mass is 10.1. The van der Waals surface area contributed by atoms with Crippen LogP contribution in [-0.2, 0) is 11.3 Å². The fourth-order valence-corrected chi connectivity index (χ4v) is 4.36. The first kappa shape index (κ1) is 19.6. The first-order valence-electron chi connectivity index (χ1n) is 10.4. The van der Waals surface area contributed by atoms with E-state index in [4.69, 9.17) is 9.47 Å². The number of hydrogen-bond donors (Lipinski definition) is 0. The van der Waals surface area contributed by atoms with Crippen molar-refractivity contribution in [2.24, 2.45) is 0 Å². The Morgan fingerprint density at radius 1 is 0.935 bits per heavy atom. The molecular formula is C23H23N3O5. The molecule has 8 heteroatoms. The number of ether oxygens (including phenoxy) is 2. The third-order valence-electron chi connectivity index (χ3n) is 6.10. The van der Waals surface area contributed by atoms with Gasteiger partial charge < -0.3 is 14.4 Å².